The van der Waals surface area contributed by atoms with Gasteiger partial charge in [-0.1, -0.05) is 30.9 Å². The summed E-state index contributed by atoms with van der Waals surface area (Å²) in [6.45, 7) is 6.15. The van der Waals surface area contributed by atoms with Crippen LogP contribution in [-0.2, 0) is 19.2 Å². The summed E-state index contributed by atoms with van der Waals surface area (Å²) in [4.78, 5) is 39.0. The van der Waals surface area contributed by atoms with Gasteiger partial charge in [0.25, 0.3) is 11.8 Å². The Morgan fingerprint density at radius 2 is 1.86 bits per heavy atom. The van der Waals surface area contributed by atoms with Gasteiger partial charge in [-0.2, -0.15) is 0 Å². The fraction of sp³-hybridized carbons (Fsp3) is 0.688. The molecule has 1 aliphatic heterocycles. The summed E-state index contributed by atoms with van der Waals surface area (Å²) in [5.41, 5.74) is 0. The van der Waals surface area contributed by atoms with Crippen LogP contribution in [0, 0.1) is 17.8 Å². The van der Waals surface area contributed by atoms with E-state index >= 15 is 0 Å². The van der Waals surface area contributed by atoms with E-state index in [4.69, 9.17) is 4.74 Å². The van der Waals surface area contributed by atoms with Crippen LogP contribution in [0.25, 0.3) is 0 Å². The molecule has 0 N–H and O–H groups in total. The number of rotatable bonds is 8. The predicted molar refractivity (Wildman–Crippen MR) is 78.3 cm³/mol. The van der Waals surface area contributed by atoms with E-state index in [1.165, 1.54) is 0 Å². The van der Waals surface area contributed by atoms with Crippen molar-refractivity contribution in [1.29, 1.82) is 0 Å². The fourth-order valence-corrected chi connectivity index (χ4v) is 3.19. The van der Waals surface area contributed by atoms with Crippen molar-refractivity contribution < 1.29 is 24.0 Å². The molecule has 1 saturated heterocycles. The second-order valence-corrected chi connectivity index (χ2v) is 5.88. The van der Waals surface area contributed by atoms with E-state index in [9.17, 15) is 14.4 Å². The maximum Gasteiger partial charge on any atom is 0.533 e. The third-order valence-electron chi connectivity index (χ3n) is 4.40. The lowest BCUT2D eigenvalue weighted by atomic mass is 10.1. The van der Waals surface area contributed by atoms with E-state index in [1.54, 1.807) is 0 Å². The molecule has 2 aliphatic rings. The molecule has 122 valence electrons. The van der Waals surface area contributed by atoms with Gasteiger partial charge in [0, 0.05) is 12.8 Å². The molecule has 0 bridgehead atoms. The van der Waals surface area contributed by atoms with E-state index in [1.807, 2.05) is 6.08 Å². The first-order valence-electron chi connectivity index (χ1n) is 7.89. The van der Waals surface area contributed by atoms with Crippen molar-refractivity contribution >= 4 is 18.0 Å². The molecule has 0 radical (unpaired) electrons. The number of amides is 2. The van der Waals surface area contributed by atoms with E-state index in [2.05, 4.69) is 18.3 Å². The average molecular weight is 309 g/mol. The van der Waals surface area contributed by atoms with Crippen LogP contribution < -0.4 is 0 Å². The highest BCUT2D eigenvalue weighted by Gasteiger charge is 2.49. The second kappa shape index (κ2) is 7.42. The lowest BCUT2D eigenvalue weighted by Crippen LogP contribution is -2.32. The number of imide groups is 1. The van der Waals surface area contributed by atoms with Gasteiger partial charge < -0.3 is 4.74 Å². The summed E-state index contributed by atoms with van der Waals surface area (Å²) < 4.78 is 5.08. The molecule has 0 aromatic heterocycles. The maximum atomic E-state index is 11.6. The van der Waals surface area contributed by atoms with Crippen LogP contribution >= 0.6 is 0 Å². The van der Waals surface area contributed by atoms with Crippen molar-refractivity contribution in [3.63, 3.8) is 0 Å². The predicted octanol–water partition coefficient (Wildman–Crippen LogP) is 2.83. The van der Waals surface area contributed by atoms with Gasteiger partial charge in [-0.25, -0.2) is 4.79 Å². The molecule has 22 heavy (non-hydrogen) atoms. The molecule has 6 heteroatoms. The van der Waals surface area contributed by atoms with Gasteiger partial charge in [0.05, 0.1) is 6.61 Å². The van der Waals surface area contributed by atoms with E-state index in [0.717, 1.165) is 25.7 Å². The van der Waals surface area contributed by atoms with Gasteiger partial charge >= 0.3 is 6.16 Å². The van der Waals surface area contributed by atoms with Crippen LogP contribution in [0.1, 0.15) is 45.4 Å². The molecule has 3 atom stereocenters. The summed E-state index contributed by atoms with van der Waals surface area (Å²) in [5.74, 6) is 0.480. The molecule has 2 amide bonds. The lowest BCUT2D eigenvalue weighted by molar-refractivity contribution is -0.177. The van der Waals surface area contributed by atoms with Gasteiger partial charge in [-0.15, -0.1) is 6.58 Å². The first-order valence-corrected chi connectivity index (χ1v) is 7.89. The Morgan fingerprint density at radius 1 is 1.23 bits per heavy atom. The standard InChI is InChI=1S/C16H23NO5/c1-3-5-7-12-11(6-4-2)13(12)10-21-16(20)22-17-14(18)8-9-15(17)19/h3,11-13H,1,4-10H2,2H3/t11-,12+,13?/m0/s1. The van der Waals surface area contributed by atoms with E-state index < -0.39 is 18.0 Å². The molecule has 2 fully saturated rings. The molecule has 2 rings (SSSR count). The number of allylic oxidation sites excluding steroid dienone is 1. The number of hydrogen-bond donors (Lipinski definition) is 0. The monoisotopic (exact) mass is 309 g/mol. The Balaban J connectivity index is 1.74. The zero-order chi connectivity index (χ0) is 16.1. The summed E-state index contributed by atoms with van der Waals surface area (Å²) in [5, 5.41) is 0.508. The molecule has 1 heterocycles. The van der Waals surface area contributed by atoms with Crippen LogP contribution in [0.2, 0.25) is 0 Å². The van der Waals surface area contributed by atoms with Crippen molar-refractivity contribution in [2.24, 2.45) is 17.8 Å². The molecule has 1 unspecified atom stereocenters. The Morgan fingerprint density at radius 3 is 2.45 bits per heavy atom. The molecule has 1 saturated carbocycles. The highest BCUT2D eigenvalue weighted by molar-refractivity contribution is 6.01. The third-order valence-corrected chi connectivity index (χ3v) is 4.40. The summed E-state index contributed by atoms with van der Waals surface area (Å²) in [6, 6.07) is 0. The zero-order valence-corrected chi connectivity index (χ0v) is 13.0. The quantitative estimate of drug-likeness (QED) is 0.391. The fourth-order valence-electron chi connectivity index (χ4n) is 3.19. The molecule has 0 spiro atoms. The first kappa shape index (κ1) is 16.5. The van der Waals surface area contributed by atoms with Crippen LogP contribution in [0.5, 0.6) is 0 Å². The van der Waals surface area contributed by atoms with Crippen molar-refractivity contribution in [3.8, 4) is 0 Å². The molecular weight excluding hydrogens is 286 g/mol. The highest BCUT2D eigenvalue weighted by Crippen LogP contribution is 2.52. The second-order valence-electron chi connectivity index (χ2n) is 5.88. The van der Waals surface area contributed by atoms with E-state index in [0.29, 0.717) is 22.8 Å². The normalized spacial score (nSPS) is 27.0. The van der Waals surface area contributed by atoms with Gasteiger partial charge in [0.2, 0.25) is 0 Å². The zero-order valence-electron chi connectivity index (χ0n) is 13.0. The number of carbonyl (C=O) groups excluding carboxylic acids is 3. The lowest BCUT2D eigenvalue weighted by Gasteiger charge is -2.12. The van der Waals surface area contributed by atoms with Crippen molar-refractivity contribution in [3.05, 3.63) is 12.7 Å². The van der Waals surface area contributed by atoms with Crippen molar-refractivity contribution in [1.82, 2.24) is 5.06 Å². The smallest absolute Gasteiger partial charge is 0.432 e. The van der Waals surface area contributed by atoms with Gasteiger partial charge in [-0.05, 0) is 30.6 Å². The number of ether oxygens (including phenoxy) is 1. The maximum absolute atomic E-state index is 11.6. The van der Waals surface area contributed by atoms with Crippen LogP contribution in [0.15, 0.2) is 12.7 Å². The Hall–Kier alpha value is -1.85. The number of carbonyl (C=O) groups is 3. The minimum absolute atomic E-state index is 0.0803. The number of hydrogen-bond acceptors (Lipinski definition) is 5. The van der Waals surface area contributed by atoms with Crippen molar-refractivity contribution in [2.75, 3.05) is 6.61 Å². The summed E-state index contributed by atoms with van der Waals surface area (Å²) >= 11 is 0. The topological polar surface area (TPSA) is 72.9 Å². The van der Waals surface area contributed by atoms with Gasteiger partial charge in [0.1, 0.15) is 0 Å². The third kappa shape index (κ3) is 3.87. The van der Waals surface area contributed by atoms with Gasteiger partial charge in [-0.3, -0.25) is 14.4 Å². The molecule has 0 aromatic rings. The minimum Gasteiger partial charge on any atom is -0.432 e. The Labute approximate surface area is 130 Å². The summed E-state index contributed by atoms with van der Waals surface area (Å²) in [7, 11) is 0. The van der Waals surface area contributed by atoms with Gasteiger partial charge in [0.15, 0.2) is 0 Å². The van der Waals surface area contributed by atoms with Crippen LogP contribution in [-0.4, -0.2) is 29.6 Å². The Kier molecular flexibility index (Phi) is 5.57. The molecule has 1 aliphatic carbocycles. The summed E-state index contributed by atoms with van der Waals surface area (Å²) in [6.07, 6.45) is 5.32. The number of hydroxylamine groups is 2. The molecule has 6 nitrogen and oxygen atoms in total. The molecule has 0 aromatic carbocycles. The van der Waals surface area contributed by atoms with Crippen LogP contribution in [0.4, 0.5) is 4.79 Å². The average Bonchev–Trinajstić information content (AvgIpc) is 3.07. The van der Waals surface area contributed by atoms with E-state index in [-0.39, 0.29) is 19.4 Å². The van der Waals surface area contributed by atoms with Crippen LogP contribution in [0.3, 0.4) is 0 Å². The van der Waals surface area contributed by atoms with Crippen molar-refractivity contribution in [2.45, 2.75) is 45.4 Å². The number of nitrogens with zero attached hydrogens (tertiary/aromatic N) is 1. The largest absolute Gasteiger partial charge is 0.533 e. The first-order chi connectivity index (χ1) is 10.6. The Bertz CT molecular complexity index is 445. The highest BCUT2D eigenvalue weighted by atomic mass is 16.8. The minimum atomic E-state index is -0.979. The molecular formula is C16H23NO5. The SMILES string of the molecule is C=CCC[C@H]1C(COC(=O)ON2C(=O)CCC2=O)[C@H]1CCC.